The molecule has 1 amide bonds. The number of hydrogen-bond donors (Lipinski definition) is 0. The van der Waals surface area contributed by atoms with E-state index >= 15 is 0 Å². The number of nitrogens with zero attached hydrogens (tertiary/aromatic N) is 1. The minimum Gasteiger partial charge on any atom is -0.370 e. The van der Waals surface area contributed by atoms with Gasteiger partial charge >= 0.3 is 5.92 Å². The second kappa shape index (κ2) is 7.06. The maximum Gasteiger partial charge on any atom is 0.349 e. The van der Waals surface area contributed by atoms with Crippen LogP contribution in [0.2, 0.25) is 5.02 Å². The second-order valence-electron chi connectivity index (χ2n) is 5.71. The molecule has 1 unspecified atom stereocenters. The van der Waals surface area contributed by atoms with Crippen molar-refractivity contribution in [1.82, 2.24) is 4.90 Å². The van der Waals surface area contributed by atoms with E-state index in [-0.39, 0.29) is 19.7 Å². The number of hydrogen-bond acceptors (Lipinski definition) is 2. The highest BCUT2D eigenvalue weighted by atomic mass is 35.5. The van der Waals surface area contributed by atoms with Gasteiger partial charge in [-0.05, 0) is 30.3 Å². The van der Waals surface area contributed by atoms with Gasteiger partial charge in [-0.1, -0.05) is 29.8 Å². The van der Waals surface area contributed by atoms with Crippen molar-refractivity contribution in [2.75, 3.05) is 19.7 Å². The van der Waals surface area contributed by atoms with E-state index in [1.165, 1.54) is 0 Å². The zero-order valence-corrected chi connectivity index (χ0v) is 13.8. The summed E-state index contributed by atoms with van der Waals surface area (Å²) in [5.74, 6) is -5.72. The van der Waals surface area contributed by atoms with Gasteiger partial charge in [-0.15, -0.1) is 0 Å². The smallest absolute Gasteiger partial charge is 0.349 e. The van der Waals surface area contributed by atoms with Crippen LogP contribution < -0.4 is 0 Å². The molecule has 0 N–H and O–H groups in total. The van der Waals surface area contributed by atoms with Crippen LogP contribution in [0.5, 0.6) is 0 Å². The highest BCUT2D eigenvalue weighted by molar-refractivity contribution is 6.31. The van der Waals surface area contributed by atoms with E-state index in [1.54, 1.807) is 24.3 Å². The topological polar surface area (TPSA) is 29.5 Å². The van der Waals surface area contributed by atoms with Crippen LogP contribution in [0.15, 0.2) is 48.5 Å². The lowest BCUT2D eigenvalue weighted by molar-refractivity contribution is -0.166. The van der Waals surface area contributed by atoms with Crippen LogP contribution in [-0.4, -0.2) is 30.5 Å². The molecule has 1 aliphatic rings. The molecule has 132 valence electrons. The summed E-state index contributed by atoms with van der Waals surface area (Å²) in [5, 5.41) is 0.451. The Labute approximate surface area is 148 Å². The summed E-state index contributed by atoms with van der Waals surface area (Å²) in [4.78, 5) is 13.4. The molecule has 1 heterocycles. The van der Waals surface area contributed by atoms with E-state index in [0.717, 1.165) is 29.2 Å². The van der Waals surface area contributed by atoms with Gasteiger partial charge in [-0.3, -0.25) is 4.79 Å². The Morgan fingerprint density at radius 3 is 2.52 bits per heavy atom. The molecule has 2 aromatic carbocycles. The monoisotopic (exact) mass is 369 g/mol. The van der Waals surface area contributed by atoms with Crippen molar-refractivity contribution in [3.8, 4) is 0 Å². The predicted octanol–water partition coefficient (Wildman–Crippen LogP) is 4.17. The van der Waals surface area contributed by atoms with Gasteiger partial charge in [-0.2, -0.15) is 8.78 Å². The van der Waals surface area contributed by atoms with Gasteiger partial charge in [0.2, 0.25) is 0 Å². The Hall–Kier alpha value is -2.05. The Balaban J connectivity index is 1.80. The lowest BCUT2D eigenvalue weighted by Gasteiger charge is -2.35. The van der Waals surface area contributed by atoms with E-state index in [0.29, 0.717) is 10.6 Å². The maximum absolute atomic E-state index is 14.5. The van der Waals surface area contributed by atoms with Crippen molar-refractivity contribution in [2.45, 2.75) is 12.0 Å². The van der Waals surface area contributed by atoms with Crippen molar-refractivity contribution >= 4 is 17.5 Å². The normalized spacial score (nSPS) is 18.2. The molecule has 0 bridgehead atoms. The molecular formula is C18H15ClF3NO2. The van der Waals surface area contributed by atoms with Crippen molar-refractivity contribution in [3.05, 3.63) is 70.5 Å². The van der Waals surface area contributed by atoms with Crippen molar-refractivity contribution in [3.63, 3.8) is 0 Å². The average molecular weight is 370 g/mol. The van der Waals surface area contributed by atoms with Gasteiger partial charge in [0, 0.05) is 22.7 Å². The lowest BCUT2D eigenvalue weighted by Crippen LogP contribution is -2.48. The molecule has 0 radical (unpaired) electrons. The van der Waals surface area contributed by atoms with Crippen LogP contribution in [0.3, 0.4) is 0 Å². The fourth-order valence-corrected chi connectivity index (χ4v) is 3.00. The largest absolute Gasteiger partial charge is 0.370 e. The molecule has 0 saturated carbocycles. The quantitative estimate of drug-likeness (QED) is 0.812. The number of carbonyl (C=O) groups excluding carboxylic acids is 1. The maximum atomic E-state index is 14.5. The SMILES string of the molecule is O=C(N1CCOC(c2ccccc2Cl)C1)C(F)(F)c1ccc(F)cc1. The molecule has 1 aliphatic heterocycles. The van der Waals surface area contributed by atoms with E-state index in [4.69, 9.17) is 16.3 Å². The third kappa shape index (κ3) is 3.65. The summed E-state index contributed by atoms with van der Waals surface area (Å²) in [6.07, 6.45) is -0.574. The molecular weight excluding hydrogens is 355 g/mol. The Kier molecular flexibility index (Phi) is 5.01. The summed E-state index contributed by atoms with van der Waals surface area (Å²) < 4.78 is 47.5. The Morgan fingerprint density at radius 1 is 1.16 bits per heavy atom. The number of amides is 1. The first-order chi connectivity index (χ1) is 11.9. The molecule has 1 fully saturated rings. The number of alkyl halides is 2. The third-order valence-electron chi connectivity index (χ3n) is 4.08. The first-order valence-electron chi connectivity index (χ1n) is 7.69. The summed E-state index contributed by atoms with van der Waals surface area (Å²) in [7, 11) is 0. The fourth-order valence-electron chi connectivity index (χ4n) is 2.74. The molecule has 0 aromatic heterocycles. The van der Waals surface area contributed by atoms with Crippen molar-refractivity contribution < 1.29 is 22.7 Å². The van der Waals surface area contributed by atoms with Gasteiger partial charge in [0.15, 0.2) is 0 Å². The van der Waals surface area contributed by atoms with Crippen LogP contribution in [0.25, 0.3) is 0 Å². The van der Waals surface area contributed by atoms with Crippen LogP contribution >= 0.6 is 11.6 Å². The van der Waals surface area contributed by atoms with Crippen molar-refractivity contribution in [2.24, 2.45) is 0 Å². The Bertz CT molecular complexity index is 767. The Morgan fingerprint density at radius 2 is 1.84 bits per heavy atom. The van der Waals surface area contributed by atoms with Crippen LogP contribution in [0.4, 0.5) is 13.2 Å². The molecule has 7 heteroatoms. The number of ether oxygens (including phenoxy) is 1. The van der Waals surface area contributed by atoms with E-state index in [9.17, 15) is 18.0 Å². The molecule has 1 saturated heterocycles. The highest BCUT2D eigenvalue weighted by Gasteiger charge is 2.45. The first-order valence-corrected chi connectivity index (χ1v) is 8.06. The summed E-state index contributed by atoms with van der Waals surface area (Å²) >= 11 is 6.12. The number of benzene rings is 2. The molecule has 1 atom stereocenters. The number of halogens is 4. The zero-order chi connectivity index (χ0) is 18.0. The van der Waals surface area contributed by atoms with Gasteiger partial charge in [0.25, 0.3) is 5.91 Å². The summed E-state index contributed by atoms with van der Waals surface area (Å²) in [6.45, 7) is 0.150. The number of rotatable bonds is 3. The summed E-state index contributed by atoms with van der Waals surface area (Å²) in [6, 6.07) is 10.6. The van der Waals surface area contributed by atoms with Crippen LogP contribution in [-0.2, 0) is 15.5 Å². The number of morpholine rings is 1. The third-order valence-corrected chi connectivity index (χ3v) is 4.43. The van der Waals surface area contributed by atoms with E-state index in [1.807, 2.05) is 0 Å². The molecule has 3 rings (SSSR count). The predicted molar refractivity (Wildman–Crippen MR) is 87.0 cm³/mol. The van der Waals surface area contributed by atoms with Crippen LogP contribution in [0.1, 0.15) is 17.2 Å². The molecule has 2 aromatic rings. The molecule has 0 spiro atoms. The standard InChI is InChI=1S/C18H15ClF3NO2/c19-15-4-2-1-3-14(15)16-11-23(9-10-25-16)17(24)18(21,22)12-5-7-13(20)8-6-12/h1-8,16H,9-11H2. The van der Waals surface area contributed by atoms with Crippen molar-refractivity contribution in [1.29, 1.82) is 0 Å². The average Bonchev–Trinajstić information content (AvgIpc) is 2.62. The van der Waals surface area contributed by atoms with Crippen LogP contribution in [0, 0.1) is 5.82 Å². The lowest BCUT2D eigenvalue weighted by atomic mass is 10.0. The number of carbonyl (C=O) groups is 1. The zero-order valence-electron chi connectivity index (χ0n) is 13.1. The van der Waals surface area contributed by atoms with Gasteiger partial charge in [-0.25, -0.2) is 4.39 Å². The van der Waals surface area contributed by atoms with E-state index < -0.39 is 29.3 Å². The fraction of sp³-hybridized carbons (Fsp3) is 0.278. The minimum atomic E-state index is -3.74. The summed E-state index contributed by atoms with van der Waals surface area (Å²) in [5.41, 5.74) is 0.103. The second-order valence-corrected chi connectivity index (χ2v) is 6.12. The first kappa shape index (κ1) is 17.8. The van der Waals surface area contributed by atoms with E-state index in [2.05, 4.69) is 0 Å². The van der Waals surface area contributed by atoms with Gasteiger partial charge in [0.05, 0.1) is 13.2 Å². The molecule has 3 nitrogen and oxygen atoms in total. The van der Waals surface area contributed by atoms with Gasteiger partial charge in [0.1, 0.15) is 11.9 Å². The minimum absolute atomic E-state index is 0.0284. The van der Waals surface area contributed by atoms with Gasteiger partial charge < -0.3 is 9.64 Å². The highest BCUT2D eigenvalue weighted by Crippen LogP contribution is 2.34. The molecule has 25 heavy (non-hydrogen) atoms. The molecule has 0 aliphatic carbocycles.